The van der Waals surface area contributed by atoms with Gasteiger partial charge in [-0.2, -0.15) is 0 Å². The Bertz CT molecular complexity index is 1280. The molecule has 0 radical (unpaired) electrons. The molecule has 2 aromatic heterocycles. The number of nitrogens with zero attached hydrogens (tertiary/aromatic N) is 3. The van der Waals surface area contributed by atoms with Crippen molar-refractivity contribution >= 4 is 51.4 Å². The zero-order valence-corrected chi connectivity index (χ0v) is 17.0. The molecule has 9 heteroatoms. The Morgan fingerprint density at radius 1 is 1.03 bits per heavy atom. The van der Waals surface area contributed by atoms with Crippen molar-refractivity contribution in [2.75, 3.05) is 22.6 Å². The molecule has 1 aliphatic rings. The summed E-state index contributed by atoms with van der Waals surface area (Å²) in [4.78, 5) is 13.3. The van der Waals surface area contributed by atoms with Gasteiger partial charge in [-0.25, -0.2) is 19.3 Å². The van der Waals surface area contributed by atoms with Crippen molar-refractivity contribution < 1.29 is 4.39 Å². The second-order valence-corrected chi connectivity index (χ2v) is 7.58. The van der Waals surface area contributed by atoms with E-state index in [1.54, 1.807) is 6.07 Å². The highest BCUT2D eigenvalue weighted by Crippen LogP contribution is 2.35. The number of hydrogen-bond donors (Lipinski definition) is 3. The lowest BCUT2D eigenvalue weighted by Crippen LogP contribution is -2.07. The molecular formula is C21H15Cl2FN6. The van der Waals surface area contributed by atoms with Crippen LogP contribution in [0.2, 0.25) is 10.0 Å². The number of halogens is 3. The largest absolute Gasteiger partial charge is 0.364 e. The van der Waals surface area contributed by atoms with Gasteiger partial charge in [0, 0.05) is 17.5 Å². The minimum atomic E-state index is -0.391. The highest BCUT2D eigenvalue weighted by atomic mass is 35.5. The van der Waals surface area contributed by atoms with Gasteiger partial charge < -0.3 is 16.0 Å². The van der Waals surface area contributed by atoms with Gasteiger partial charge in [-0.15, -0.1) is 0 Å². The van der Waals surface area contributed by atoms with Gasteiger partial charge in [0.1, 0.15) is 17.8 Å². The first-order valence-corrected chi connectivity index (χ1v) is 9.96. The van der Waals surface area contributed by atoms with E-state index in [2.05, 4.69) is 25.9 Å². The van der Waals surface area contributed by atoms with Gasteiger partial charge >= 0.3 is 0 Å². The Kier molecular flexibility index (Phi) is 4.77. The zero-order chi connectivity index (χ0) is 20.7. The maximum atomic E-state index is 14.0. The van der Waals surface area contributed by atoms with E-state index in [1.807, 2.05) is 18.2 Å². The van der Waals surface area contributed by atoms with Crippen LogP contribution in [0.4, 0.5) is 21.7 Å². The third-order valence-electron chi connectivity index (χ3n) is 4.87. The van der Waals surface area contributed by atoms with Gasteiger partial charge in [0.2, 0.25) is 0 Å². The van der Waals surface area contributed by atoms with Crippen LogP contribution >= 0.6 is 23.2 Å². The summed E-state index contributed by atoms with van der Waals surface area (Å²) in [6, 6.07) is 11.8. The SMILES string of the molecule is Fc1ccc(Cl)c(-c2nc3c(Cl)cccc3cc2CNc2ncnc3c2NCN3)c1. The van der Waals surface area contributed by atoms with E-state index in [0.717, 1.165) is 22.5 Å². The minimum Gasteiger partial charge on any atom is -0.364 e. The van der Waals surface area contributed by atoms with Crippen molar-refractivity contribution in [3.63, 3.8) is 0 Å². The molecule has 3 N–H and O–H groups in total. The lowest BCUT2D eigenvalue weighted by Gasteiger charge is -2.15. The second kappa shape index (κ2) is 7.59. The molecule has 5 rings (SSSR count). The maximum absolute atomic E-state index is 14.0. The normalized spacial score (nSPS) is 12.4. The molecule has 1 aliphatic heterocycles. The van der Waals surface area contributed by atoms with Crippen LogP contribution < -0.4 is 16.0 Å². The zero-order valence-electron chi connectivity index (χ0n) is 15.5. The summed E-state index contributed by atoms with van der Waals surface area (Å²) in [5.41, 5.74) is 3.33. The van der Waals surface area contributed by atoms with Crippen molar-refractivity contribution in [1.82, 2.24) is 15.0 Å². The topological polar surface area (TPSA) is 74.8 Å². The Morgan fingerprint density at radius 2 is 1.93 bits per heavy atom. The van der Waals surface area contributed by atoms with Crippen LogP contribution in [0, 0.1) is 5.82 Å². The lowest BCUT2D eigenvalue weighted by molar-refractivity contribution is 0.628. The molecule has 0 amide bonds. The van der Waals surface area contributed by atoms with Crippen molar-refractivity contribution in [3.8, 4) is 11.3 Å². The fourth-order valence-electron chi connectivity index (χ4n) is 3.47. The number of nitrogens with one attached hydrogen (secondary N) is 3. The summed E-state index contributed by atoms with van der Waals surface area (Å²) in [5, 5.41) is 11.5. The number of hydrogen-bond acceptors (Lipinski definition) is 6. The lowest BCUT2D eigenvalue weighted by atomic mass is 10.0. The van der Waals surface area contributed by atoms with E-state index < -0.39 is 5.82 Å². The average Bonchev–Trinajstić information content (AvgIpc) is 3.23. The van der Waals surface area contributed by atoms with Gasteiger partial charge in [-0.05, 0) is 35.9 Å². The molecule has 150 valence electrons. The Labute approximate surface area is 181 Å². The molecule has 0 saturated carbocycles. The summed E-state index contributed by atoms with van der Waals surface area (Å²) < 4.78 is 14.0. The molecule has 0 bridgehead atoms. The molecular weight excluding hydrogens is 426 g/mol. The number of anilines is 3. The highest BCUT2D eigenvalue weighted by molar-refractivity contribution is 6.35. The molecule has 0 atom stereocenters. The maximum Gasteiger partial charge on any atom is 0.156 e. The number of pyridine rings is 1. The minimum absolute atomic E-state index is 0.391. The predicted molar refractivity (Wildman–Crippen MR) is 119 cm³/mol. The summed E-state index contributed by atoms with van der Waals surface area (Å²) in [6.45, 7) is 0.978. The summed E-state index contributed by atoms with van der Waals surface area (Å²) in [6.07, 6.45) is 1.49. The van der Waals surface area contributed by atoms with Crippen LogP contribution in [-0.2, 0) is 6.54 Å². The molecule has 0 spiro atoms. The van der Waals surface area contributed by atoms with Gasteiger partial charge in [0.05, 0.1) is 27.9 Å². The summed E-state index contributed by atoms with van der Waals surface area (Å²) in [5.74, 6) is 1.01. The van der Waals surface area contributed by atoms with Crippen LogP contribution in [0.1, 0.15) is 5.56 Å². The van der Waals surface area contributed by atoms with Crippen molar-refractivity contribution in [3.05, 3.63) is 70.2 Å². The number of benzene rings is 2. The fraction of sp³-hybridized carbons (Fsp3) is 0.0952. The molecule has 0 unspecified atom stereocenters. The van der Waals surface area contributed by atoms with Crippen LogP contribution in [0.3, 0.4) is 0 Å². The Morgan fingerprint density at radius 3 is 2.83 bits per heavy atom. The monoisotopic (exact) mass is 440 g/mol. The van der Waals surface area contributed by atoms with Crippen LogP contribution in [0.5, 0.6) is 0 Å². The molecule has 2 aromatic carbocycles. The molecule has 0 aliphatic carbocycles. The third-order valence-corrected chi connectivity index (χ3v) is 5.51. The Hall–Kier alpha value is -3.16. The van der Waals surface area contributed by atoms with Crippen LogP contribution in [0.25, 0.3) is 22.2 Å². The van der Waals surface area contributed by atoms with E-state index in [9.17, 15) is 4.39 Å². The van der Waals surface area contributed by atoms with E-state index >= 15 is 0 Å². The smallest absolute Gasteiger partial charge is 0.156 e. The number of fused-ring (bicyclic) bond motifs is 2. The summed E-state index contributed by atoms with van der Waals surface area (Å²) in [7, 11) is 0. The predicted octanol–water partition coefficient (Wildman–Crippen LogP) is 5.54. The first-order valence-electron chi connectivity index (χ1n) is 9.20. The Balaban J connectivity index is 1.61. The van der Waals surface area contributed by atoms with E-state index in [-0.39, 0.29) is 0 Å². The molecule has 3 heterocycles. The highest BCUT2D eigenvalue weighted by Gasteiger charge is 2.18. The van der Waals surface area contributed by atoms with Crippen LogP contribution in [-0.4, -0.2) is 21.6 Å². The first-order chi connectivity index (χ1) is 14.6. The van der Waals surface area contributed by atoms with Gasteiger partial charge in [0.15, 0.2) is 11.6 Å². The molecule has 6 nitrogen and oxygen atoms in total. The number of rotatable bonds is 4. The molecule has 4 aromatic rings. The van der Waals surface area contributed by atoms with Gasteiger partial charge in [0.25, 0.3) is 0 Å². The van der Waals surface area contributed by atoms with Gasteiger partial charge in [-0.3, -0.25) is 0 Å². The van der Waals surface area contributed by atoms with E-state index in [4.69, 9.17) is 28.2 Å². The van der Waals surface area contributed by atoms with Crippen molar-refractivity contribution in [1.29, 1.82) is 0 Å². The van der Waals surface area contributed by atoms with E-state index in [1.165, 1.54) is 24.5 Å². The van der Waals surface area contributed by atoms with Gasteiger partial charge in [-0.1, -0.05) is 35.3 Å². The number of aromatic nitrogens is 3. The first kappa shape index (κ1) is 18.8. The molecule has 30 heavy (non-hydrogen) atoms. The quantitative estimate of drug-likeness (QED) is 0.386. The molecule has 0 fully saturated rings. The van der Waals surface area contributed by atoms with Crippen LogP contribution in [0.15, 0.2) is 48.8 Å². The standard InChI is InChI=1S/C21H15Cl2FN6/c22-15-5-4-13(24)7-14(15)17-12(6-11-2-1-3-16(23)18(11)30-17)8-25-20-19-21(27-9-26-19)29-10-28-20/h1-7,10,26H,8-9H2,(H2,25,27,28,29). The van der Waals surface area contributed by atoms with Crippen molar-refractivity contribution in [2.24, 2.45) is 0 Å². The second-order valence-electron chi connectivity index (χ2n) is 6.76. The van der Waals surface area contributed by atoms with E-state index in [0.29, 0.717) is 45.9 Å². The third kappa shape index (κ3) is 3.36. The number of para-hydroxylation sites is 1. The van der Waals surface area contributed by atoms with Crippen molar-refractivity contribution in [2.45, 2.75) is 6.54 Å². The fourth-order valence-corrected chi connectivity index (χ4v) is 3.90. The molecule has 0 saturated heterocycles. The average molecular weight is 441 g/mol. The summed E-state index contributed by atoms with van der Waals surface area (Å²) >= 11 is 12.7.